The molecule has 0 spiro atoms. The van der Waals surface area contributed by atoms with Crippen LogP contribution < -0.4 is 4.90 Å². The van der Waals surface area contributed by atoms with Gasteiger partial charge in [0.05, 0.1) is 13.2 Å². The van der Waals surface area contributed by atoms with E-state index in [1.165, 1.54) is 17.3 Å². The van der Waals surface area contributed by atoms with E-state index in [2.05, 4.69) is 51.3 Å². The van der Waals surface area contributed by atoms with Gasteiger partial charge in [0.1, 0.15) is 5.82 Å². The molecule has 7 heteroatoms. The molecule has 0 N–H and O–H groups in total. The van der Waals surface area contributed by atoms with Crippen LogP contribution in [0.1, 0.15) is 23.4 Å². The monoisotopic (exact) mass is 424 g/mol. The molecule has 0 bridgehead atoms. The summed E-state index contributed by atoms with van der Waals surface area (Å²) >= 11 is 0. The summed E-state index contributed by atoms with van der Waals surface area (Å²) in [5.41, 5.74) is 3.86. The number of aryl methyl sites for hydroxylation is 2. The van der Waals surface area contributed by atoms with Crippen molar-refractivity contribution in [2.24, 2.45) is 0 Å². The van der Waals surface area contributed by atoms with Crippen LogP contribution in [0.25, 0.3) is 11.4 Å². The molecule has 3 aromatic rings. The second kappa shape index (κ2) is 10.0. The zero-order valence-corrected chi connectivity index (χ0v) is 18.2. The Kier molecular flexibility index (Phi) is 6.94. The third-order valence-corrected chi connectivity index (χ3v) is 5.61. The van der Waals surface area contributed by atoms with Gasteiger partial charge in [-0.1, -0.05) is 35.5 Å². The Morgan fingerprint density at radius 1 is 1.13 bits per heavy atom. The Hall–Kier alpha value is -2.77. The molecule has 0 aliphatic carbocycles. The molecule has 0 unspecified atom stereocenters. The van der Waals surface area contributed by atoms with Crippen LogP contribution in [0.2, 0.25) is 0 Å². The average Bonchev–Trinajstić information content (AvgIpc) is 3.25. The third-order valence-electron chi connectivity index (χ3n) is 5.61. The summed E-state index contributed by atoms with van der Waals surface area (Å²) in [4.78, 5) is 9.14. The number of nitrogens with zero attached hydrogens (tertiary/aromatic N) is 4. The van der Waals surface area contributed by atoms with E-state index in [1.54, 1.807) is 13.0 Å². The average molecular weight is 425 g/mol. The lowest BCUT2D eigenvalue weighted by Gasteiger charge is -2.31. The standard InChI is InChI=1S/C24H29FN4O2/c1-18-9-10-19(16-21(18)25)24-26-23(31-27-24)8-5-11-28(2)17-20-6-3-4-7-22(20)29-12-14-30-15-13-29/h3-4,6-7,9-10,16H,5,8,11-15,17H2,1-2H3. The predicted molar refractivity (Wildman–Crippen MR) is 119 cm³/mol. The number of anilines is 1. The van der Waals surface area contributed by atoms with Crippen molar-refractivity contribution in [3.63, 3.8) is 0 Å². The minimum atomic E-state index is -0.261. The number of hydrogen-bond acceptors (Lipinski definition) is 6. The second-order valence-corrected chi connectivity index (χ2v) is 8.05. The third kappa shape index (κ3) is 5.48. The number of aromatic nitrogens is 2. The summed E-state index contributed by atoms with van der Waals surface area (Å²) in [5, 5.41) is 4.00. The van der Waals surface area contributed by atoms with Crippen LogP contribution in [0.5, 0.6) is 0 Å². The first-order valence-electron chi connectivity index (χ1n) is 10.8. The topological polar surface area (TPSA) is 54.6 Å². The van der Waals surface area contributed by atoms with Gasteiger partial charge < -0.3 is 19.1 Å². The van der Waals surface area contributed by atoms with E-state index >= 15 is 0 Å². The Labute approximate surface area is 182 Å². The van der Waals surface area contributed by atoms with E-state index in [1.807, 2.05) is 6.07 Å². The minimum Gasteiger partial charge on any atom is -0.378 e. The summed E-state index contributed by atoms with van der Waals surface area (Å²) in [6, 6.07) is 13.6. The fourth-order valence-corrected chi connectivity index (χ4v) is 3.83. The molecule has 1 saturated heterocycles. The molecular weight excluding hydrogens is 395 g/mol. The number of benzene rings is 2. The van der Waals surface area contributed by atoms with Crippen molar-refractivity contribution >= 4 is 5.69 Å². The molecule has 1 aliphatic rings. The number of morpholine rings is 1. The summed E-state index contributed by atoms with van der Waals surface area (Å²) in [6.45, 7) is 6.96. The van der Waals surface area contributed by atoms with Crippen LogP contribution in [0, 0.1) is 12.7 Å². The van der Waals surface area contributed by atoms with Crippen molar-refractivity contribution in [2.75, 3.05) is 44.8 Å². The van der Waals surface area contributed by atoms with Gasteiger partial charge in [-0.25, -0.2) is 4.39 Å². The van der Waals surface area contributed by atoms with Gasteiger partial charge in [-0.05, 0) is 50.2 Å². The smallest absolute Gasteiger partial charge is 0.227 e. The van der Waals surface area contributed by atoms with Crippen molar-refractivity contribution in [3.8, 4) is 11.4 Å². The van der Waals surface area contributed by atoms with Gasteiger partial charge in [0, 0.05) is 37.3 Å². The molecule has 6 nitrogen and oxygen atoms in total. The van der Waals surface area contributed by atoms with Crippen molar-refractivity contribution < 1.29 is 13.7 Å². The Morgan fingerprint density at radius 2 is 1.94 bits per heavy atom. The molecule has 1 aliphatic heterocycles. The van der Waals surface area contributed by atoms with Gasteiger partial charge in [-0.2, -0.15) is 4.98 Å². The number of rotatable bonds is 8. The molecule has 0 radical (unpaired) electrons. The van der Waals surface area contributed by atoms with Crippen molar-refractivity contribution in [1.82, 2.24) is 15.0 Å². The predicted octanol–water partition coefficient (Wildman–Crippen LogP) is 4.09. The van der Waals surface area contributed by atoms with Gasteiger partial charge in [0.2, 0.25) is 11.7 Å². The van der Waals surface area contributed by atoms with Crippen LogP contribution in [-0.2, 0) is 17.7 Å². The molecule has 1 aromatic heterocycles. The molecule has 2 aromatic carbocycles. The van der Waals surface area contributed by atoms with Gasteiger partial charge in [0.25, 0.3) is 0 Å². The highest BCUT2D eigenvalue weighted by Crippen LogP contribution is 2.23. The highest BCUT2D eigenvalue weighted by atomic mass is 19.1. The molecule has 2 heterocycles. The zero-order valence-electron chi connectivity index (χ0n) is 18.2. The first-order chi connectivity index (χ1) is 15.1. The van der Waals surface area contributed by atoms with Crippen molar-refractivity contribution in [1.29, 1.82) is 0 Å². The highest BCUT2D eigenvalue weighted by Gasteiger charge is 2.15. The number of para-hydroxylation sites is 1. The Morgan fingerprint density at radius 3 is 2.74 bits per heavy atom. The largest absolute Gasteiger partial charge is 0.378 e. The maximum absolute atomic E-state index is 13.8. The molecule has 0 atom stereocenters. The molecule has 0 amide bonds. The second-order valence-electron chi connectivity index (χ2n) is 8.05. The SMILES string of the molecule is Cc1ccc(-c2noc(CCCN(C)Cc3ccccc3N3CCOCC3)n2)cc1F. The van der Waals surface area contributed by atoms with E-state index in [0.29, 0.717) is 29.3 Å². The van der Waals surface area contributed by atoms with Gasteiger partial charge in [-0.15, -0.1) is 0 Å². The first-order valence-corrected chi connectivity index (χ1v) is 10.8. The number of halogens is 1. The summed E-state index contributed by atoms with van der Waals surface area (Å²) in [6.07, 6.45) is 1.59. The summed E-state index contributed by atoms with van der Waals surface area (Å²) < 4.78 is 24.6. The Bertz CT molecular complexity index is 1000. The van der Waals surface area contributed by atoms with Gasteiger partial charge >= 0.3 is 0 Å². The molecule has 0 saturated carbocycles. The first kappa shape index (κ1) is 21.5. The fourth-order valence-electron chi connectivity index (χ4n) is 3.83. The normalized spacial score (nSPS) is 14.4. The molecular formula is C24H29FN4O2. The maximum Gasteiger partial charge on any atom is 0.227 e. The minimum absolute atomic E-state index is 0.261. The van der Waals surface area contributed by atoms with Gasteiger partial charge in [-0.3, -0.25) is 0 Å². The lowest BCUT2D eigenvalue weighted by atomic mass is 10.1. The lowest BCUT2D eigenvalue weighted by Crippen LogP contribution is -2.37. The Balaban J connectivity index is 1.30. The number of hydrogen-bond donors (Lipinski definition) is 0. The van der Waals surface area contributed by atoms with Crippen molar-refractivity contribution in [3.05, 3.63) is 65.3 Å². The van der Waals surface area contributed by atoms with Crippen molar-refractivity contribution in [2.45, 2.75) is 26.3 Å². The van der Waals surface area contributed by atoms with E-state index in [0.717, 1.165) is 45.8 Å². The lowest BCUT2D eigenvalue weighted by molar-refractivity contribution is 0.122. The summed E-state index contributed by atoms with van der Waals surface area (Å²) in [7, 11) is 2.13. The highest BCUT2D eigenvalue weighted by molar-refractivity contribution is 5.55. The fraction of sp³-hybridized carbons (Fsp3) is 0.417. The quantitative estimate of drug-likeness (QED) is 0.543. The number of ether oxygens (including phenoxy) is 1. The molecule has 1 fully saturated rings. The van der Waals surface area contributed by atoms with Crippen LogP contribution in [0.3, 0.4) is 0 Å². The maximum atomic E-state index is 13.8. The van der Waals surface area contributed by atoms with E-state index in [-0.39, 0.29) is 5.82 Å². The van der Waals surface area contributed by atoms with Crippen LogP contribution in [0.15, 0.2) is 47.0 Å². The van der Waals surface area contributed by atoms with Gasteiger partial charge in [0.15, 0.2) is 0 Å². The molecule has 164 valence electrons. The van der Waals surface area contributed by atoms with E-state index in [4.69, 9.17) is 9.26 Å². The van der Waals surface area contributed by atoms with Crippen LogP contribution in [0.4, 0.5) is 10.1 Å². The zero-order chi connectivity index (χ0) is 21.6. The molecule has 31 heavy (non-hydrogen) atoms. The van der Waals surface area contributed by atoms with E-state index < -0.39 is 0 Å². The van der Waals surface area contributed by atoms with Crippen LogP contribution in [-0.4, -0.2) is 54.9 Å². The van der Waals surface area contributed by atoms with Crippen LogP contribution >= 0.6 is 0 Å². The molecule has 4 rings (SSSR count). The summed E-state index contributed by atoms with van der Waals surface area (Å²) in [5.74, 6) is 0.752. The van der Waals surface area contributed by atoms with E-state index in [9.17, 15) is 4.39 Å².